The summed E-state index contributed by atoms with van der Waals surface area (Å²) < 4.78 is 15.6. The molecule has 0 heterocycles. The number of ether oxygens (including phenoxy) is 3. The molecule has 0 unspecified atom stereocenters. The largest absolute Gasteiger partial charge is 0.492 e. The first-order valence-electron chi connectivity index (χ1n) is 4.65. The van der Waals surface area contributed by atoms with E-state index in [2.05, 4.69) is 12.7 Å². The van der Waals surface area contributed by atoms with Crippen LogP contribution in [-0.2, 0) is 4.74 Å². The molecule has 0 aliphatic rings. The normalized spacial score (nSPS) is 9.73. The van der Waals surface area contributed by atoms with Gasteiger partial charge in [0, 0.05) is 12.7 Å². The highest BCUT2D eigenvalue weighted by atomic mass is 16.5. The van der Waals surface area contributed by atoms with Gasteiger partial charge in [-0.2, -0.15) is 0 Å². The molecule has 1 aromatic rings. The van der Waals surface area contributed by atoms with Crippen LogP contribution in [0.5, 0.6) is 11.5 Å². The average Bonchev–Trinajstić information content (AvgIpc) is 2.29. The molecule has 1 aromatic carbocycles. The summed E-state index contributed by atoms with van der Waals surface area (Å²) in [5, 5.41) is 0. The van der Waals surface area contributed by atoms with Crippen molar-refractivity contribution in [2.45, 2.75) is 0 Å². The topological polar surface area (TPSA) is 27.7 Å². The molecule has 1 rings (SSSR count). The molecule has 3 heteroatoms. The molecule has 0 atom stereocenters. The Balaban J connectivity index is 2.81. The molecule has 3 nitrogen and oxygen atoms in total. The summed E-state index contributed by atoms with van der Waals surface area (Å²) >= 11 is 0. The first-order chi connectivity index (χ1) is 7.33. The Morgan fingerprint density at radius 2 is 2.07 bits per heavy atom. The fraction of sp³-hybridized carbons (Fsp3) is 0.333. The highest BCUT2D eigenvalue weighted by Crippen LogP contribution is 2.30. The Morgan fingerprint density at radius 1 is 1.27 bits per heavy atom. The third-order valence-corrected chi connectivity index (χ3v) is 1.92. The van der Waals surface area contributed by atoms with Gasteiger partial charge in [0.25, 0.3) is 0 Å². The fourth-order valence-electron chi connectivity index (χ4n) is 1.21. The van der Waals surface area contributed by atoms with Crippen LogP contribution >= 0.6 is 0 Å². The van der Waals surface area contributed by atoms with Gasteiger partial charge in [0.05, 0.1) is 13.7 Å². The number of methoxy groups -OCH3 is 2. The van der Waals surface area contributed by atoms with Gasteiger partial charge in [-0.25, -0.2) is 0 Å². The molecule has 0 amide bonds. The lowest BCUT2D eigenvalue weighted by molar-refractivity contribution is 0.144. The van der Waals surface area contributed by atoms with Gasteiger partial charge in [0.1, 0.15) is 6.61 Å². The molecule has 0 saturated carbocycles. The molecular formula is C12H15O3. The van der Waals surface area contributed by atoms with Crippen LogP contribution < -0.4 is 9.47 Å². The molecule has 81 valence electrons. The zero-order valence-electron chi connectivity index (χ0n) is 9.08. The first-order valence-corrected chi connectivity index (χ1v) is 4.65. The van der Waals surface area contributed by atoms with Crippen molar-refractivity contribution in [3.05, 3.63) is 36.4 Å². The summed E-state index contributed by atoms with van der Waals surface area (Å²) in [5.74, 6) is 1.34. The number of para-hydroxylation sites is 1. The van der Waals surface area contributed by atoms with E-state index >= 15 is 0 Å². The Bertz CT molecular complexity index is 321. The smallest absolute Gasteiger partial charge is 0.168 e. The van der Waals surface area contributed by atoms with Gasteiger partial charge in [-0.15, -0.1) is 0 Å². The van der Waals surface area contributed by atoms with Gasteiger partial charge < -0.3 is 14.2 Å². The molecule has 15 heavy (non-hydrogen) atoms. The van der Waals surface area contributed by atoms with E-state index in [1.54, 1.807) is 14.2 Å². The van der Waals surface area contributed by atoms with Crippen molar-refractivity contribution in [1.82, 2.24) is 0 Å². The fourth-order valence-corrected chi connectivity index (χ4v) is 1.21. The monoisotopic (exact) mass is 207 g/mol. The maximum atomic E-state index is 5.49. The molecule has 0 aliphatic heterocycles. The van der Waals surface area contributed by atoms with Crippen molar-refractivity contribution in [3.8, 4) is 11.5 Å². The maximum absolute atomic E-state index is 5.49. The predicted octanol–water partition coefficient (Wildman–Crippen LogP) is 2.06. The number of benzene rings is 1. The minimum atomic E-state index is 0.494. The van der Waals surface area contributed by atoms with E-state index in [1.807, 2.05) is 18.2 Å². The quantitative estimate of drug-likeness (QED) is 0.668. The van der Waals surface area contributed by atoms with Crippen molar-refractivity contribution in [2.75, 3.05) is 27.4 Å². The van der Waals surface area contributed by atoms with Crippen LogP contribution in [0.25, 0.3) is 0 Å². The summed E-state index contributed by atoms with van der Waals surface area (Å²) in [5.41, 5.74) is 0.799. The van der Waals surface area contributed by atoms with E-state index < -0.39 is 0 Å². The van der Waals surface area contributed by atoms with Crippen LogP contribution in [0.2, 0.25) is 0 Å². The Kier molecular flexibility index (Phi) is 4.71. The zero-order chi connectivity index (χ0) is 11.1. The number of rotatable bonds is 6. The minimum Gasteiger partial charge on any atom is -0.492 e. The summed E-state index contributed by atoms with van der Waals surface area (Å²) in [6.45, 7) is 4.63. The second kappa shape index (κ2) is 6.09. The lowest BCUT2D eigenvalue weighted by Crippen LogP contribution is -2.05. The maximum Gasteiger partial charge on any atom is 0.168 e. The first kappa shape index (κ1) is 11.6. The van der Waals surface area contributed by atoms with Gasteiger partial charge in [-0.3, -0.25) is 0 Å². The predicted molar refractivity (Wildman–Crippen MR) is 58.3 cm³/mol. The van der Waals surface area contributed by atoms with Crippen molar-refractivity contribution in [2.24, 2.45) is 0 Å². The molecule has 0 N–H and O–H groups in total. The number of hydrogen-bond acceptors (Lipinski definition) is 3. The number of hydrogen-bond donors (Lipinski definition) is 0. The minimum absolute atomic E-state index is 0.494. The molecule has 0 bridgehead atoms. The highest BCUT2D eigenvalue weighted by Gasteiger charge is 2.07. The van der Waals surface area contributed by atoms with E-state index in [-0.39, 0.29) is 0 Å². The third-order valence-electron chi connectivity index (χ3n) is 1.92. The molecule has 0 fully saturated rings. The van der Waals surface area contributed by atoms with Crippen LogP contribution in [0.3, 0.4) is 0 Å². The van der Waals surface area contributed by atoms with Gasteiger partial charge in [-0.1, -0.05) is 18.7 Å². The standard InChI is InChI=1S/C12H15O3/c1-4-10-6-5-7-11(12(10)14-3)15-9-8-13-2/h5-7H,1,8-9H2,2-3H3. The highest BCUT2D eigenvalue weighted by molar-refractivity contribution is 5.48. The van der Waals surface area contributed by atoms with Gasteiger partial charge >= 0.3 is 0 Å². The van der Waals surface area contributed by atoms with E-state index in [4.69, 9.17) is 14.2 Å². The van der Waals surface area contributed by atoms with Gasteiger partial charge in [0.15, 0.2) is 11.5 Å². The van der Waals surface area contributed by atoms with Crippen LogP contribution in [-0.4, -0.2) is 27.4 Å². The average molecular weight is 207 g/mol. The Hall–Kier alpha value is -1.48. The van der Waals surface area contributed by atoms with E-state index in [9.17, 15) is 0 Å². The van der Waals surface area contributed by atoms with Crippen molar-refractivity contribution in [1.29, 1.82) is 0 Å². The van der Waals surface area contributed by atoms with Crippen LogP contribution in [0.1, 0.15) is 5.56 Å². The molecule has 1 radical (unpaired) electrons. The van der Waals surface area contributed by atoms with Crippen LogP contribution in [0.4, 0.5) is 0 Å². The summed E-state index contributed by atoms with van der Waals surface area (Å²) in [7, 11) is 3.23. The van der Waals surface area contributed by atoms with Crippen LogP contribution in [0.15, 0.2) is 24.8 Å². The van der Waals surface area contributed by atoms with E-state index in [0.29, 0.717) is 24.7 Å². The van der Waals surface area contributed by atoms with Crippen LogP contribution in [0, 0.1) is 6.08 Å². The Morgan fingerprint density at radius 3 is 2.67 bits per heavy atom. The third kappa shape index (κ3) is 2.99. The lowest BCUT2D eigenvalue weighted by Gasteiger charge is -2.11. The second-order valence-electron chi connectivity index (χ2n) is 2.85. The molecular weight excluding hydrogens is 192 g/mol. The summed E-state index contributed by atoms with van der Waals surface area (Å²) in [6.07, 6.45) is 2.79. The SMILES string of the molecule is C=[C]c1cccc(OCCOC)c1OC. The van der Waals surface area contributed by atoms with Gasteiger partial charge in [-0.05, 0) is 12.1 Å². The second-order valence-corrected chi connectivity index (χ2v) is 2.85. The molecule has 0 saturated heterocycles. The molecule has 0 spiro atoms. The van der Waals surface area contributed by atoms with E-state index in [1.165, 1.54) is 0 Å². The summed E-state index contributed by atoms with van der Waals surface area (Å²) in [6, 6.07) is 5.59. The van der Waals surface area contributed by atoms with Crippen molar-refractivity contribution < 1.29 is 14.2 Å². The van der Waals surface area contributed by atoms with Crippen molar-refractivity contribution in [3.63, 3.8) is 0 Å². The van der Waals surface area contributed by atoms with E-state index in [0.717, 1.165) is 5.56 Å². The molecule has 0 aromatic heterocycles. The Labute approximate surface area is 90.3 Å². The van der Waals surface area contributed by atoms with Gasteiger partial charge in [0.2, 0.25) is 0 Å². The lowest BCUT2D eigenvalue weighted by atomic mass is 10.2. The molecule has 0 aliphatic carbocycles. The summed E-state index contributed by atoms with van der Waals surface area (Å²) in [4.78, 5) is 0. The zero-order valence-corrected chi connectivity index (χ0v) is 9.08. The van der Waals surface area contributed by atoms with Crippen molar-refractivity contribution >= 4 is 0 Å².